The van der Waals surface area contributed by atoms with Gasteiger partial charge in [-0.25, -0.2) is 4.98 Å². The summed E-state index contributed by atoms with van der Waals surface area (Å²) in [6.45, 7) is 3.57. The number of hydrogen-bond acceptors (Lipinski definition) is 5. The van der Waals surface area contributed by atoms with E-state index in [9.17, 15) is 4.79 Å². The van der Waals surface area contributed by atoms with E-state index in [1.165, 1.54) is 16.9 Å². The average Bonchev–Trinajstić information content (AvgIpc) is 2.96. The van der Waals surface area contributed by atoms with Crippen molar-refractivity contribution in [3.05, 3.63) is 50.3 Å². The summed E-state index contributed by atoms with van der Waals surface area (Å²) in [4.78, 5) is 24.6. The van der Waals surface area contributed by atoms with E-state index in [1.54, 1.807) is 11.3 Å². The first-order chi connectivity index (χ1) is 12.6. The first-order valence-corrected chi connectivity index (χ1v) is 10.2. The lowest BCUT2D eigenvalue weighted by molar-refractivity contribution is 0.277. The van der Waals surface area contributed by atoms with Gasteiger partial charge < -0.3 is 9.40 Å². The topological polar surface area (TPSA) is 62.1 Å². The van der Waals surface area contributed by atoms with Gasteiger partial charge in [0.25, 0.3) is 5.56 Å². The van der Waals surface area contributed by atoms with Crippen molar-refractivity contribution in [1.82, 2.24) is 14.9 Å². The summed E-state index contributed by atoms with van der Waals surface area (Å²) in [6, 6.07) is 4.18. The van der Waals surface area contributed by atoms with E-state index in [1.807, 2.05) is 7.05 Å². The Hall–Kier alpha value is -1.92. The molecule has 2 aliphatic carbocycles. The molecule has 2 atom stereocenters. The van der Waals surface area contributed by atoms with Gasteiger partial charge in [0.15, 0.2) is 0 Å². The second-order valence-corrected chi connectivity index (χ2v) is 8.93. The largest absolute Gasteiger partial charge is 0.464 e. The third-order valence-corrected chi connectivity index (χ3v) is 6.81. The Bertz CT molecular complexity index is 1030. The van der Waals surface area contributed by atoms with E-state index >= 15 is 0 Å². The molecule has 0 aliphatic heterocycles. The Morgan fingerprint density at radius 2 is 2.19 bits per heavy atom. The number of fused-ring (bicyclic) bond motifs is 3. The lowest BCUT2D eigenvalue weighted by Crippen LogP contribution is -2.21. The van der Waals surface area contributed by atoms with Crippen molar-refractivity contribution in [2.24, 2.45) is 5.92 Å². The molecular weight excluding hydrogens is 346 g/mol. The van der Waals surface area contributed by atoms with Crippen LogP contribution in [0.4, 0.5) is 0 Å². The quantitative estimate of drug-likeness (QED) is 0.743. The highest BCUT2D eigenvalue weighted by Gasteiger charge is 2.36. The summed E-state index contributed by atoms with van der Waals surface area (Å²) in [5.74, 6) is 4.17. The Morgan fingerprint density at radius 1 is 1.35 bits per heavy atom. The Kier molecular flexibility index (Phi) is 3.79. The molecule has 0 amide bonds. The van der Waals surface area contributed by atoms with E-state index < -0.39 is 0 Å². The molecule has 6 heteroatoms. The van der Waals surface area contributed by atoms with E-state index in [0.29, 0.717) is 19.0 Å². The minimum Gasteiger partial charge on any atom is -0.464 e. The molecule has 3 aromatic rings. The molecule has 2 aliphatic rings. The Morgan fingerprint density at radius 3 is 3.00 bits per heavy atom. The van der Waals surface area contributed by atoms with E-state index in [-0.39, 0.29) is 5.56 Å². The molecular formula is C20H23N3O2S. The van der Waals surface area contributed by atoms with Gasteiger partial charge in [-0.15, -0.1) is 11.3 Å². The molecule has 5 nitrogen and oxygen atoms in total. The Labute approximate surface area is 156 Å². The number of aryl methyl sites for hydroxylation is 2. The van der Waals surface area contributed by atoms with Crippen molar-refractivity contribution in [2.75, 3.05) is 7.05 Å². The van der Waals surface area contributed by atoms with Gasteiger partial charge in [0.05, 0.1) is 18.5 Å². The molecule has 5 rings (SSSR count). The van der Waals surface area contributed by atoms with Crippen LogP contribution in [0.25, 0.3) is 10.2 Å². The first kappa shape index (κ1) is 16.3. The number of hydrogen-bond donors (Lipinski definition) is 1. The molecule has 1 N–H and O–H groups in total. The van der Waals surface area contributed by atoms with Crippen LogP contribution in [0.1, 0.15) is 53.5 Å². The summed E-state index contributed by atoms with van der Waals surface area (Å²) < 4.78 is 5.99. The van der Waals surface area contributed by atoms with E-state index in [2.05, 4.69) is 28.9 Å². The fraction of sp³-hybridized carbons (Fsp3) is 0.500. The lowest BCUT2D eigenvalue weighted by atomic mass is 10.2. The molecule has 3 aromatic heterocycles. The zero-order valence-corrected chi connectivity index (χ0v) is 16.0. The molecule has 1 fully saturated rings. The molecule has 136 valence electrons. The van der Waals surface area contributed by atoms with Gasteiger partial charge in [0.1, 0.15) is 22.2 Å². The zero-order valence-electron chi connectivity index (χ0n) is 15.2. The van der Waals surface area contributed by atoms with Crippen molar-refractivity contribution >= 4 is 21.6 Å². The van der Waals surface area contributed by atoms with Gasteiger partial charge >= 0.3 is 0 Å². The SMILES string of the molecule is C[C@H]1C[C@@H]1c1ccc(CN(C)Cc2nc3sc4c(c3c(=O)[nH]2)CCC4)o1. The van der Waals surface area contributed by atoms with Gasteiger partial charge in [-0.2, -0.15) is 0 Å². The summed E-state index contributed by atoms with van der Waals surface area (Å²) in [6.07, 6.45) is 4.50. The van der Waals surface area contributed by atoms with Crippen molar-refractivity contribution < 1.29 is 4.42 Å². The van der Waals surface area contributed by atoms with Crippen LogP contribution in [0, 0.1) is 5.92 Å². The minimum atomic E-state index is 0.0146. The van der Waals surface area contributed by atoms with Crippen LogP contribution in [-0.4, -0.2) is 21.9 Å². The summed E-state index contributed by atoms with van der Waals surface area (Å²) in [7, 11) is 2.03. The number of furan rings is 1. The standard InChI is InChI=1S/C20H23N3O2S/c1-11-8-14(11)15-7-6-12(25-15)9-23(2)10-17-21-19(24)18-13-4-3-5-16(13)26-20(18)22-17/h6-7,11,14H,3-5,8-10H2,1-2H3,(H,21,22,24)/t11-,14-/m0/s1. The van der Waals surface area contributed by atoms with Gasteiger partial charge in [-0.05, 0) is 56.3 Å². The molecule has 3 heterocycles. The van der Waals surface area contributed by atoms with E-state index in [0.717, 1.165) is 52.7 Å². The maximum atomic E-state index is 12.6. The van der Waals surface area contributed by atoms with Crippen LogP contribution in [0.15, 0.2) is 21.3 Å². The number of rotatable bonds is 5. The summed E-state index contributed by atoms with van der Waals surface area (Å²) in [5.41, 5.74) is 1.25. The predicted molar refractivity (Wildman–Crippen MR) is 103 cm³/mol. The second-order valence-electron chi connectivity index (χ2n) is 7.85. The molecule has 1 saturated carbocycles. The highest BCUT2D eigenvalue weighted by Crippen LogP contribution is 2.47. The number of aromatic amines is 1. The van der Waals surface area contributed by atoms with Gasteiger partial charge in [0.2, 0.25) is 0 Å². The number of nitrogens with one attached hydrogen (secondary N) is 1. The fourth-order valence-corrected chi connectivity index (χ4v) is 5.38. The molecule has 0 saturated heterocycles. The molecule has 0 unspecified atom stereocenters. The third kappa shape index (κ3) is 2.81. The maximum Gasteiger partial charge on any atom is 0.259 e. The lowest BCUT2D eigenvalue weighted by Gasteiger charge is -2.14. The second kappa shape index (κ2) is 6.06. The van der Waals surface area contributed by atoms with Crippen LogP contribution in [0.2, 0.25) is 0 Å². The fourth-order valence-electron chi connectivity index (χ4n) is 4.10. The molecule has 26 heavy (non-hydrogen) atoms. The highest BCUT2D eigenvalue weighted by molar-refractivity contribution is 7.18. The van der Waals surface area contributed by atoms with Crippen LogP contribution in [0.3, 0.4) is 0 Å². The average molecular weight is 369 g/mol. The summed E-state index contributed by atoms with van der Waals surface area (Å²) in [5, 5.41) is 0.822. The number of thiophene rings is 1. The monoisotopic (exact) mass is 369 g/mol. The molecule has 0 spiro atoms. The van der Waals surface area contributed by atoms with Crippen molar-refractivity contribution in [3.8, 4) is 0 Å². The third-order valence-electron chi connectivity index (χ3n) is 5.63. The molecule has 0 aromatic carbocycles. The highest BCUT2D eigenvalue weighted by atomic mass is 32.1. The normalized spacial score (nSPS) is 21.7. The molecule has 0 radical (unpaired) electrons. The van der Waals surface area contributed by atoms with Gasteiger partial charge in [0, 0.05) is 10.8 Å². The van der Waals surface area contributed by atoms with Crippen molar-refractivity contribution in [1.29, 1.82) is 0 Å². The van der Waals surface area contributed by atoms with Crippen LogP contribution < -0.4 is 5.56 Å². The number of H-pyrrole nitrogens is 1. The smallest absolute Gasteiger partial charge is 0.259 e. The van der Waals surface area contributed by atoms with Crippen LogP contribution in [0.5, 0.6) is 0 Å². The van der Waals surface area contributed by atoms with E-state index in [4.69, 9.17) is 9.40 Å². The predicted octanol–water partition coefficient (Wildman–Crippen LogP) is 3.82. The maximum absolute atomic E-state index is 12.6. The van der Waals surface area contributed by atoms with Crippen molar-refractivity contribution in [2.45, 2.75) is 51.6 Å². The zero-order chi connectivity index (χ0) is 17.8. The first-order valence-electron chi connectivity index (χ1n) is 9.39. The number of aromatic nitrogens is 2. The minimum absolute atomic E-state index is 0.0146. The van der Waals surface area contributed by atoms with Crippen LogP contribution >= 0.6 is 11.3 Å². The molecule has 0 bridgehead atoms. The van der Waals surface area contributed by atoms with Crippen LogP contribution in [-0.2, 0) is 25.9 Å². The summed E-state index contributed by atoms with van der Waals surface area (Å²) >= 11 is 1.69. The Balaban J connectivity index is 1.32. The van der Waals surface area contributed by atoms with Gasteiger partial charge in [-0.3, -0.25) is 9.69 Å². The number of nitrogens with zero attached hydrogens (tertiary/aromatic N) is 2. The van der Waals surface area contributed by atoms with Gasteiger partial charge in [-0.1, -0.05) is 6.92 Å². The van der Waals surface area contributed by atoms with Crippen molar-refractivity contribution in [3.63, 3.8) is 0 Å².